The van der Waals surface area contributed by atoms with Crippen LogP contribution in [0.1, 0.15) is 5.69 Å². The Morgan fingerprint density at radius 2 is 2.25 bits per heavy atom. The zero-order valence-electron chi connectivity index (χ0n) is 6.22. The zero-order valence-corrected chi connectivity index (χ0v) is 8.56. The van der Waals surface area contributed by atoms with Crippen LogP contribution in [-0.4, -0.2) is 11.7 Å². The third-order valence-electron chi connectivity index (χ3n) is 1.27. The summed E-state index contributed by atoms with van der Waals surface area (Å²) in [5.74, 6) is 0. The van der Waals surface area contributed by atoms with Crippen molar-refractivity contribution in [1.29, 1.82) is 0 Å². The van der Waals surface area contributed by atoms with Crippen molar-refractivity contribution in [2.45, 2.75) is 0 Å². The van der Waals surface area contributed by atoms with E-state index in [0.717, 1.165) is 0 Å². The van der Waals surface area contributed by atoms with Gasteiger partial charge in [0.05, 0.1) is 5.69 Å². The molecule has 62 valence electrons. The Bertz CT molecular complexity index is 336. The van der Waals surface area contributed by atoms with Crippen molar-refractivity contribution in [2.24, 2.45) is 4.99 Å². The highest BCUT2D eigenvalue weighted by atomic mass is 79.9. The predicted octanol–water partition coefficient (Wildman–Crippen LogP) is 3.43. The molecular weight excluding hydrogens is 239 g/mol. The molecule has 1 heterocycles. The summed E-state index contributed by atoms with van der Waals surface area (Å²) in [6.45, 7) is 7.09. The van der Waals surface area contributed by atoms with Crippen LogP contribution in [0, 0.1) is 0 Å². The molecule has 0 saturated heterocycles. The first-order valence-corrected chi connectivity index (χ1v) is 4.30. The molecule has 1 aromatic heterocycles. The second kappa shape index (κ2) is 3.83. The summed E-state index contributed by atoms with van der Waals surface area (Å²) in [6.07, 6.45) is 0. The van der Waals surface area contributed by atoms with Gasteiger partial charge in [-0.1, -0.05) is 18.2 Å². The Hall–Kier alpha value is -0.670. The van der Waals surface area contributed by atoms with Crippen molar-refractivity contribution in [3.63, 3.8) is 0 Å². The lowest BCUT2D eigenvalue weighted by Crippen LogP contribution is -1.84. The van der Waals surface area contributed by atoms with Crippen LogP contribution < -0.4 is 0 Å². The van der Waals surface area contributed by atoms with Gasteiger partial charge >= 0.3 is 0 Å². The highest BCUT2D eigenvalue weighted by Crippen LogP contribution is 2.28. The number of hydrogen-bond donors (Lipinski definition) is 0. The first-order valence-electron chi connectivity index (χ1n) is 3.13. The number of aliphatic imine (C=N–C) groups is 1. The van der Waals surface area contributed by atoms with Crippen molar-refractivity contribution >= 4 is 44.4 Å². The average Bonchev–Trinajstić information content (AvgIpc) is 2.04. The van der Waals surface area contributed by atoms with Gasteiger partial charge in [0.2, 0.25) is 0 Å². The van der Waals surface area contributed by atoms with E-state index in [1.807, 2.05) is 0 Å². The number of aromatic nitrogens is 1. The molecule has 0 aliphatic rings. The van der Waals surface area contributed by atoms with E-state index < -0.39 is 0 Å². The Morgan fingerprint density at radius 1 is 1.58 bits per heavy atom. The first kappa shape index (κ1) is 9.42. The molecule has 0 unspecified atom stereocenters. The summed E-state index contributed by atoms with van der Waals surface area (Å²) >= 11 is 8.89. The normalized spacial score (nSPS) is 9.50. The van der Waals surface area contributed by atoms with E-state index in [4.69, 9.17) is 11.6 Å². The van der Waals surface area contributed by atoms with Gasteiger partial charge in [-0.15, -0.1) is 0 Å². The fourth-order valence-electron chi connectivity index (χ4n) is 0.755. The Balaban J connectivity index is 3.30. The number of halogens is 2. The van der Waals surface area contributed by atoms with Crippen molar-refractivity contribution < 1.29 is 0 Å². The first-order chi connectivity index (χ1) is 5.65. The van der Waals surface area contributed by atoms with Crippen molar-refractivity contribution in [1.82, 2.24) is 4.98 Å². The largest absolute Gasteiger partial charge is 0.262 e. The van der Waals surface area contributed by atoms with Gasteiger partial charge in [-0.25, -0.2) is 4.98 Å². The van der Waals surface area contributed by atoms with Crippen LogP contribution in [0.4, 0.5) is 5.69 Å². The van der Waals surface area contributed by atoms with Crippen LogP contribution in [0.2, 0.25) is 5.15 Å². The standard InChI is InChI=1S/C8H6BrClN2/c1-5(9)8-6(11-2)3-4-7(10)12-8/h3-4H,1-2H2. The minimum Gasteiger partial charge on any atom is -0.262 e. The molecule has 4 heteroatoms. The minimum atomic E-state index is 0.415. The number of hydrogen-bond acceptors (Lipinski definition) is 2. The molecule has 0 spiro atoms. The minimum absolute atomic E-state index is 0.415. The fourth-order valence-corrected chi connectivity index (χ4v) is 1.19. The van der Waals surface area contributed by atoms with E-state index >= 15 is 0 Å². The maximum Gasteiger partial charge on any atom is 0.129 e. The van der Waals surface area contributed by atoms with Gasteiger partial charge in [-0.3, -0.25) is 4.99 Å². The molecule has 0 aliphatic heterocycles. The summed E-state index contributed by atoms with van der Waals surface area (Å²) in [7, 11) is 0. The molecular formula is C8H6BrClN2. The highest BCUT2D eigenvalue weighted by molar-refractivity contribution is 9.15. The second-order valence-corrected chi connectivity index (χ2v) is 3.41. The molecule has 12 heavy (non-hydrogen) atoms. The lowest BCUT2D eigenvalue weighted by molar-refractivity contribution is 1.28. The predicted molar refractivity (Wildman–Crippen MR) is 56.4 cm³/mol. The Kier molecular flexibility index (Phi) is 3.00. The lowest BCUT2D eigenvalue weighted by Gasteiger charge is -2.01. The second-order valence-electron chi connectivity index (χ2n) is 2.06. The van der Waals surface area contributed by atoms with Gasteiger partial charge in [0.15, 0.2) is 0 Å². The summed E-state index contributed by atoms with van der Waals surface area (Å²) in [5, 5.41) is 0.415. The van der Waals surface area contributed by atoms with Crippen LogP contribution >= 0.6 is 27.5 Å². The van der Waals surface area contributed by atoms with Gasteiger partial charge in [0.1, 0.15) is 10.8 Å². The maximum atomic E-state index is 5.68. The van der Waals surface area contributed by atoms with E-state index in [1.165, 1.54) is 0 Å². The summed E-state index contributed by atoms with van der Waals surface area (Å²) in [4.78, 5) is 7.80. The fraction of sp³-hybridized carbons (Fsp3) is 0. The summed E-state index contributed by atoms with van der Waals surface area (Å²) < 4.78 is 0.646. The summed E-state index contributed by atoms with van der Waals surface area (Å²) in [5.41, 5.74) is 1.29. The number of rotatable bonds is 2. The third-order valence-corrected chi connectivity index (χ3v) is 1.85. The van der Waals surface area contributed by atoms with E-state index in [-0.39, 0.29) is 0 Å². The zero-order chi connectivity index (χ0) is 9.14. The molecule has 0 saturated carbocycles. The van der Waals surface area contributed by atoms with Gasteiger partial charge in [0, 0.05) is 4.48 Å². The lowest BCUT2D eigenvalue weighted by atomic mass is 10.3. The van der Waals surface area contributed by atoms with Crippen molar-refractivity contribution in [2.75, 3.05) is 0 Å². The third kappa shape index (κ3) is 1.93. The highest BCUT2D eigenvalue weighted by Gasteiger charge is 2.04. The molecule has 0 N–H and O–H groups in total. The van der Waals surface area contributed by atoms with Gasteiger partial charge in [-0.2, -0.15) is 0 Å². The Labute approximate surface area is 84.1 Å². The van der Waals surface area contributed by atoms with E-state index in [2.05, 4.69) is 39.2 Å². The van der Waals surface area contributed by atoms with Crippen LogP contribution in [-0.2, 0) is 0 Å². The molecule has 0 radical (unpaired) electrons. The van der Waals surface area contributed by atoms with Crippen LogP contribution in [0.15, 0.2) is 23.7 Å². The molecule has 0 atom stereocenters. The molecule has 0 amide bonds. The van der Waals surface area contributed by atoms with Gasteiger partial charge < -0.3 is 0 Å². The topological polar surface area (TPSA) is 25.2 Å². The van der Waals surface area contributed by atoms with Crippen LogP contribution in [0.25, 0.3) is 4.48 Å². The number of pyridine rings is 1. The molecule has 0 aromatic carbocycles. The van der Waals surface area contributed by atoms with Gasteiger partial charge in [-0.05, 0) is 34.8 Å². The smallest absolute Gasteiger partial charge is 0.129 e. The Morgan fingerprint density at radius 3 is 2.75 bits per heavy atom. The molecule has 2 nitrogen and oxygen atoms in total. The maximum absolute atomic E-state index is 5.68. The molecule has 0 fully saturated rings. The van der Waals surface area contributed by atoms with Crippen molar-refractivity contribution in [3.05, 3.63) is 29.6 Å². The molecule has 0 aliphatic carbocycles. The van der Waals surface area contributed by atoms with E-state index in [1.54, 1.807) is 12.1 Å². The van der Waals surface area contributed by atoms with Gasteiger partial charge in [0.25, 0.3) is 0 Å². The monoisotopic (exact) mass is 244 g/mol. The quantitative estimate of drug-likeness (QED) is 0.579. The summed E-state index contributed by atoms with van der Waals surface area (Å²) in [6, 6.07) is 3.40. The van der Waals surface area contributed by atoms with E-state index in [0.29, 0.717) is 21.0 Å². The molecule has 0 bridgehead atoms. The van der Waals surface area contributed by atoms with Crippen LogP contribution in [0.3, 0.4) is 0 Å². The van der Waals surface area contributed by atoms with Crippen LogP contribution in [0.5, 0.6) is 0 Å². The number of nitrogens with zero attached hydrogens (tertiary/aromatic N) is 2. The molecule has 1 rings (SSSR count). The van der Waals surface area contributed by atoms with E-state index in [9.17, 15) is 0 Å². The average molecular weight is 246 g/mol. The van der Waals surface area contributed by atoms with Crippen molar-refractivity contribution in [3.8, 4) is 0 Å². The molecule has 1 aromatic rings. The SMILES string of the molecule is C=Nc1ccc(Cl)nc1C(=C)Br.